The second kappa shape index (κ2) is 7.52. The van der Waals surface area contributed by atoms with Crippen molar-refractivity contribution in [1.82, 2.24) is 9.88 Å². The third kappa shape index (κ3) is 3.29. The molecule has 3 aromatic rings. The fraction of sp³-hybridized carbons (Fsp3) is 0.261. The van der Waals surface area contributed by atoms with E-state index in [4.69, 9.17) is 9.84 Å². The number of aromatic nitrogens is 1. The van der Waals surface area contributed by atoms with Crippen LogP contribution in [0.2, 0.25) is 0 Å². The Hall–Kier alpha value is -3.05. The maximum absolute atomic E-state index is 11.2. The summed E-state index contributed by atoms with van der Waals surface area (Å²) in [7, 11) is 1.72. The number of H-pyrrole nitrogens is 1. The monoisotopic (exact) mass is 376 g/mol. The first kappa shape index (κ1) is 18.3. The van der Waals surface area contributed by atoms with Crippen LogP contribution in [0.15, 0.2) is 54.7 Å². The van der Waals surface area contributed by atoms with Crippen molar-refractivity contribution in [3.63, 3.8) is 0 Å². The molecule has 0 radical (unpaired) electrons. The molecule has 4 rings (SSSR count). The molecule has 2 aromatic carbocycles. The average Bonchev–Trinajstić information content (AvgIpc) is 3.21. The minimum Gasteiger partial charge on any atom is -0.496 e. The number of aromatic amines is 1. The molecule has 28 heavy (non-hydrogen) atoms. The fourth-order valence-corrected chi connectivity index (χ4v) is 4.06. The number of carbonyl (C=O) groups is 1. The molecule has 0 saturated heterocycles. The summed E-state index contributed by atoms with van der Waals surface area (Å²) in [4.78, 5) is 16.9. The van der Waals surface area contributed by atoms with Gasteiger partial charge >= 0.3 is 5.97 Å². The van der Waals surface area contributed by atoms with E-state index in [1.54, 1.807) is 19.2 Å². The van der Waals surface area contributed by atoms with Gasteiger partial charge in [0.15, 0.2) is 0 Å². The van der Waals surface area contributed by atoms with Gasteiger partial charge in [0.05, 0.1) is 12.7 Å². The van der Waals surface area contributed by atoms with Crippen LogP contribution in [0.25, 0.3) is 10.9 Å². The number of nitrogens with zero attached hydrogens (tertiary/aromatic N) is 1. The number of hydrogen-bond donors (Lipinski definition) is 2. The maximum atomic E-state index is 11.2. The normalized spacial score (nSPS) is 17.1. The molecule has 5 nitrogen and oxygen atoms in total. The lowest BCUT2D eigenvalue weighted by Crippen LogP contribution is -2.31. The van der Waals surface area contributed by atoms with Crippen molar-refractivity contribution < 1.29 is 14.6 Å². The summed E-state index contributed by atoms with van der Waals surface area (Å²) < 4.78 is 5.70. The van der Waals surface area contributed by atoms with Gasteiger partial charge in [-0.2, -0.15) is 0 Å². The predicted octanol–water partition coefficient (Wildman–Crippen LogP) is 4.69. The number of aromatic carboxylic acids is 1. The van der Waals surface area contributed by atoms with Crippen molar-refractivity contribution in [1.29, 1.82) is 0 Å². The van der Waals surface area contributed by atoms with E-state index in [0.717, 1.165) is 36.3 Å². The zero-order valence-electron chi connectivity index (χ0n) is 16.1. The molecule has 0 spiro atoms. The second-order valence-electron chi connectivity index (χ2n) is 7.22. The van der Waals surface area contributed by atoms with Gasteiger partial charge < -0.3 is 14.8 Å². The van der Waals surface area contributed by atoms with Crippen LogP contribution in [0, 0.1) is 6.92 Å². The summed E-state index contributed by atoms with van der Waals surface area (Å²) in [5.41, 5.74) is 4.93. The van der Waals surface area contributed by atoms with Crippen molar-refractivity contribution in [2.45, 2.75) is 25.9 Å². The summed E-state index contributed by atoms with van der Waals surface area (Å²) in [5, 5.41) is 10.3. The minimum atomic E-state index is -0.897. The van der Waals surface area contributed by atoms with E-state index < -0.39 is 5.97 Å². The maximum Gasteiger partial charge on any atom is 0.335 e. The van der Waals surface area contributed by atoms with Crippen LogP contribution in [-0.4, -0.2) is 34.6 Å². The molecular weight excluding hydrogens is 352 g/mol. The molecule has 1 atom stereocenters. The van der Waals surface area contributed by atoms with Gasteiger partial charge in [0.2, 0.25) is 0 Å². The lowest BCUT2D eigenvalue weighted by Gasteiger charge is -2.34. The van der Waals surface area contributed by atoms with Crippen LogP contribution in [0.3, 0.4) is 0 Å². The number of carboxylic acids is 1. The van der Waals surface area contributed by atoms with Crippen LogP contribution < -0.4 is 4.74 Å². The van der Waals surface area contributed by atoms with Crippen molar-refractivity contribution >= 4 is 16.9 Å². The van der Waals surface area contributed by atoms with E-state index >= 15 is 0 Å². The van der Waals surface area contributed by atoms with Crippen molar-refractivity contribution in [2.75, 3.05) is 13.7 Å². The molecule has 2 heterocycles. The number of hydrogen-bond acceptors (Lipinski definition) is 3. The molecule has 0 saturated carbocycles. The van der Waals surface area contributed by atoms with Crippen LogP contribution >= 0.6 is 0 Å². The summed E-state index contributed by atoms with van der Waals surface area (Å²) in [5.74, 6) is 0.00492. The Morgan fingerprint density at radius 2 is 2.04 bits per heavy atom. The molecule has 1 unspecified atom stereocenters. The SMILES string of the molecule is COc1cc(C)c2[nH]ccc2c1CN1CC=CCC1c1ccc(C(=O)O)cc1. The highest BCUT2D eigenvalue weighted by atomic mass is 16.5. The van der Waals surface area contributed by atoms with Gasteiger partial charge in [-0.15, -0.1) is 0 Å². The molecule has 1 aliphatic heterocycles. The van der Waals surface area contributed by atoms with Crippen molar-refractivity contribution in [3.05, 3.63) is 77.0 Å². The average molecular weight is 376 g/mol. The highest BCUT2D eigenvalue weighted by Gasteiger charge is 2.24. The number of carboxylic acid groups (broad SMARTS) is 1. The molecule has 0 bridgehead atoms. The molecule has 0 fully saturated rings. The number of methoxy groups -OCH3 is 1. The molecule has 2 N–H and O–H groups in total. The van der Waals surface area contributed by atoms with Gasteiger partial charge in [-0.05, 0) is 48.7 Å². The quantitative estimate of drug-likeness (QED) is 0.634. The topological polar surface area (TPSA) is 65.6 Å². The smallest absolute Gasteiger partial charge is 0.335 e. The molecular formula is C23H24N2O3. The summed E-state index contributed by atoms with van der Waals surface area (Å²) in [6.07, 6.45) is 7.26. The van der Waals surface area contributed by atoms with E-state index in [-0.39, 0.29) is 6.04 Å². The molecule has 0 aliphatic carbocycles. The van der Waals surface area contributed by atoms with Gasteiger partial charge in [0.25, 0.3) is 0 Å². The Kier molecular flexibility index (Phi) is 4.92. The Morgan fingerprint density at radius 3 is 2.75 bits per heavy atom. The van der Waals surface area contributed by atoms with Crippen LogP contribution in [-0.2, 0) is 6.54 Å². The fourth-order valence-electron chi connectivity index (χ4n) is 4.06. The lowest BCUT2D eigenvalue weighted by atomic mass is 9.96. The van der Waals surface area contributed by atoms with E-state index in [2.05, 4.69) is 41.1 Å². The second-order valence-corrected chi connectivity index (χ2v) is 7.22. The standard InChI is InChI=1S/C23H24N2O3/c1-15-13-21(28-2)19(18-10-11-24-22(15)18)14-25-12-4-3-5-20(25)16-6-8-17(9-7-16)23(26)27/h3-4,6-11,13,20,24H,5,12,14H2,1-2H3,(H,26,27). The van der Waals surface area contributed by atoms with Gasteiger partial charge in [-0.1, -0.05) is 24.3 Å². The lowest BCUT2D eigenvalue weighted by molar-refractivity contribution is 0.0697. The summed E-state index contributed by atoms with van der Waals surface area (Å²) in [6, 6.07) is 11.6. The number of fused-ring (bicyclic) bond motifs is 1. The Balaban J connectivity index is 1.69. The van der Waals surface area contributed by atoms with E-state index in [0.29, 0.717) is 5.56 Å². The van der Waals surface area contributed by atoms with Crippen LogP contribution in [0.1, 0.15) is 39.5 Å². The van der Waals surface area contributed by atoms with Crippen LogP contribution in [0.4, 0.5) is 0 Å². The van der Waals surface area contributed by atoms with Crippen molar-refractivity contribution in [3.8, 4) is 5.75 Å². The van der Waals surface area contributed by atoms with Gasteiger partial charge in [0, 0.05) is 41.8 Å². The molecule has 5 heteroatoms. The summed E-state index contributed by atoms with van der Waals surface area (Å²) in [6.45, 7) is 3.68. The van der Waals surface area contributed by atoms with E-state index in [1.165, 1.54) is 16.5 Å². The van der Waals surface area contributed by atoms with E-state index in [1.807, 2.05) is 18.3 Å². The predicted molar refractivity (Wildman–Crippen MR) is 110 cm³/mol. The first-order chi connectivity index (χ1) is 13.6. The van der Waals surface area contributed by atoms with E-state index in [9.17, 15) is 4.79 Å². The van der Waals surface area contributed by atoms with Gasteiger partial charge in [-0.25, -0.2) is 4.79 Å². The molecule has 1 aliphatic rings. The Bertz CT molecular complexity index is 1030. The number of benzene rings is 2. The Morgan fingerprint density at radius 1 is 1.25 bits per heavy atom. The minimum absolute atomic E-state index is 0.202. The first-order valence-electron chi connectivity index (χ1n) is 9.44. The van der Waals surface area contributed by atoms with Gasteiger partial charge in [0.1, 0.15) is 5.75 Å². The first-order valence-corrected chi connectivity index (χ1v) is 9.44. The number of aryl methyl sites for hydroxylation is 1. The molecule has 0 amide bonds. The highest BCUT2D eigenvalue weighted by molar-refractivity contribution is 5.88. The zero-order chi connectivity index (χ0) is 19.7. The highest BCUT2D eigenvalue weighted by Crippen LogP contribution is 2.35. The number of nitrogens with one attached hydrogen (secondary N) is 1. The van der Waals surface area contributed by atoms with Crippen molar-refractivity contribution in [2.24, 2.45) is 0 Å². The van der Waals surface area contributed by atoms with Gasteiger partial charge in [-0.3, -0.25) is 4.90 Å². The molecule has 144 valence electrons. The van der Waals surface area contributed by atoms with Crippen LogP contribution in [0.5, 0.6) is 5.75 Å². The largest absolute Gasteiger partial charge is 0.496 e. The molecule has 1 aromatic heterocycles. The summed E-state index contributed by atoms with van der Waals surface area (Å²) >= 11 is 0. The number of ether oxygens (including phenoxy) is 1. The third-order valence-electron chi connectivity index (χ3n) is 5.54. The Labute approximate surface area is 164 Å². The third-order valence-corrected chi connectivity index (χ3v) is 5.54. The zero-order valence-corrected chi connectivity index (χ0v) is 16.1. The number of rotatable bonds is 5.